The van der Waals surface area contributed by atoms with Gasteiger partial charge in [-0.2, -0.15) is 5.10 Å². The number of anilines is 1. The molecule has 0 aliphatic rings. The van der Waals surface area contributed by atoms with Gasteiger partial charge in [-0.25, -0.2) is 5.43 Å². The van der Waals surface area contributed by atoms with Crippen LogP contribution in [0.4, 0.5) is 5.69 Å². The number of rotatable bonds is 5. The van der Waals surface area contributed by atoms with E-state index < -0.39 is 11.8 Å². The van der Waals surface area contributed by atoms with E-state index in [4.69, 9.17) is 0 Å². The summed E-state index contributed by atoms with van der Waals surface area (Å²) in [6.07, 6.45) is 3.13. The van der Waals surface area contributed by atoms with E-state index in [0.717, 1.165) is 51.1 Å². The molecule has 4 rings (SSSR count). The minimum absolute atomic E-state index is 0.710. The summed E-state index contributed by atoms with van der Waals surface area (Å²) in [5.74, 6) is -1.54. The molecule has 0 saturated carbocycles. The number of carbonyl (C=O) groups is 2. The molecule has 0 aromatic heterocycles. The van der Waals surface area contributed by atoms with Gasteiger partial charge in [0.2, 0.25) is 0 Å². The lowest BCUT2D eigenvalue weighted by Crippen LogP contribution is -2.33. The Bertz CT molecular complexity index is 1270. The second kappa shape index (κ2) is 9.43. The number of amides is 2. The Morgan fingerprint density at radius 3 is 1.91 bits per heavy atom. The van der Waals surface area contributed by atoms with Crippen LogP contribution in [0.5, 0.6) is 0 Å². The Kier molecular flexibility index (Phi) is 6.26. The first-order valence-electron chi connectivity index (χ1n) is 10.8. The first kappa shape index (κ1) is 21.2. The summed E-state index contributed by atoms with van der Waals surface area (Å²) in [7, 11) is 0. The lowest BCUT2D eigenvalue weighted by Gasteiger charge is -2.13. The standard InChI is InChI=1S/C27H25N3O2/c1-3-18-12-9-13-19(4-2)25(18)29-26(31)27(32)30-28-17-24-22-14-7-5-10-20(22)16-21-11-6-8-15-23(21)24/h5-17H,3-4H2,1-2H3,(H,29,31)(H,30,32)/b28-17+. The highest BCUT2D eigenvalue weighted by molar-refractivity contribution is 6.39. The van der Waals surface area contributed by atoms with Gasteiger partial charge in [-0.1, -0.05) is 80.6 Å². The predicted molar refractivity (Wildman–Crippen MR) is 131 cm³/mol. The average molecular weight is 424 g/mol. The molecule has 5 nitrogen and oxygen atoms in total. The maximum Gasteiger partial charge on any atom is 0.329 e. The van der Waals surface area contributed by atoms with Gasteiger partial charge in [-0.15, -0.1) is 0 Å². The summed E-state index contributed by atoms with van der Waals surface area (Å²) >= 11 is 0. The van der Waals surface area contributed by atoms with Crippen LogP contribution in [0.3, 0.4) is 0 Å². The Labute approximate surface area is 187 Å². The number of fused-ring (bicyclic) bond motifs is 2. The van der Waals surface area contributed by atoms with Crippen molar-refractivity contribution in [3.05, 3.63) is 89.5 Å². The number of carbonyl (C=O) groups excluding carboxylic acids is 2. The van der Waals surface area contributed by atoms with E-state index in [1.54, 1.807) is 6.21 Å². The van der Waals surface area contributed by atoms with Crippen LogP contribution in [0.1, 0.15) is 30.5 Å². The van der Waals surface area contributed by atoms with E-state index in [-0.39, 0.29) is 0 Å². The maximum absolute atomic E-state index is 12.5. The first-order chi connectivity index (χ1) is 15.6. The Morgan fingerprint density at radius 2 is 1.34 bits per heavy atom. The molecule has 2 amide bonds. The second-order valence-electron chi connectivity index (χ2n) is 7.54. The van der Waals surface area contributed by atoms with Crippen LogP contribution >= 0.6 is 0 Å². The Hall–Kier alpha value is -3.99. The first-order valence-corrected chi connectivity index (χ1v) is 10.8. The second-order valence-corrected chi connectivity index (χ2v) is 7.54. The molecule has 0 bridgehead atoms. The average Bonchev–Trinajstić information content (AvgIpc) is 2.83. The Balaban J connectivity index is 1.57. The fourth-order valence-corrected chi connectivity index (χ4v) is 3.97. The molecule has 0 aliphatic heterocycles. The van der Waals surface area contributed by atoms with Crippen molar-refractivity contribution < 1.29 is 9.59 Å². The number of hydrogen-bond acceptors (Lipinski definition) is 3. The van der Waals surface area contributed by atoms with E-state index in [2.05, 4.69) is 21.9 Å². The van der Waals surface area contributed by atoms with Gasteiger partial charge in [0.1, 0.15) is 0 Å². The molecular weight excluding hydrogens is 398 g/mol. The van der Waals surface area contributed by atoms with Gasteiger partial charge in [0.25, 0.3) is 0 Å². The molecule has 0 heterocycles. The summed E-state index contributed by atoms with van der Waals surface area (Å²) in [5.41, 5.74) is 5.97. The number of benzene rings is 4. The van der Waals surface area contributed by atoms with Gasteiger partial charge < -0.3 is 5.32 Å². The topological polar surface area (TPSA) is 70.6 Å². The highest BCUT2D eigenvalue weighted by atomic mass is 16.2. The van der Waals surface area contributed by atoms with Crippen LogP contribution in [-0.4, -0.2) is 18.0 Å². The predicted octanol–water partition coefficient (Wildman–Crippen LogP) is 5.21. The Morgan fingerprint density at radius 1 is 0.781 bits per heavy atom. The highest BCUT2D eigenvalue weighted by Gasteiger charge is 2.16. The fraction of sp³-hybridized carbons (Fsp3) is 0.148. The molecule has 2 N–H and O–H groups in total. The third kappa shape index (κ3) is 4.23. The highest BCUT2D eigenvalue weighted by Crippen LogP contribution is 2.27. The van der Waals surface area contributed by atoms with E-state index in [9.17, 15) is 9.59 Å². The molecule has 0 radical (unpaired) electrons. The van der Waals surface area contributed by atoms with Crippen molar-refractivity contribution in [2.45, 2.75) is 26.7 Å². The molecule has 0 unspecified atom stereocenters. The van der Waals surface area contributed by atoms with Crippen molar-refractivity contribution in [3.63, 3.8) is 0 Å². The summed E-state index contributed by atoms with van der Waals surface area (Å²) < 4.78 is 0. The van der Waals surface area contributed by atoms with Gasteiger partial charge in [-0.05, 0) is 51.6 Å². The van der Waals surface area contributed by atoms with Gasteiger partial charge in [0.15, 0.2) is 0 Å². The third-order valence-electron chi connectivity index (χ3n) is 5.62. The normalized spacial score (nSPS) is 11.2. The van der Waals surface area contributed by atoms with Gasteiger partial charge in [0, 0.05) is 11.3 Å². The molecule has 0 atom stereocenters. The summed E-state index contributed by atoms with van der Waals surface area (Å²) in [4.78, 5) is 24.9. The maximum atomic E-state index is 12.5. The number of nitrogens with zero attached hydrogens (tertiary/aromatic N) is 1. The number of hydrazone groups is 1. The van der Waals surface area contributed by atoms with E-state index in [1.807, 2.05) is 80.6 Å². The zero-order valence-electron chi connectivity index (χ0n) is 18.2. The largest absolute Gasteiger partial charge is 0.329 e. The van der Waals surface area contributed by atoms with Crippen molar-refractivity contribution in [1.29, 1.82) is 0 Å². The molecule has 0 aliphatic carbocycles. The van der Waals surface area contributed by atoms with Crippen molar-refractivity contribution in [3.8, 4) is 0 Å². The number of nitrogens with one attached hydrogen (secondary N) is 2. The van der Waals surface area contributed by atoms with E-state index in [1.165, 1.54) is 0 Å². The number of para-hydroxylation sites is 1. The van der Waals surface area contributed by atoms with Crippen molar-refractivity contribution in [2.24, 2.45) is 5.10 Å². The molecular formula is C27H25N3O2. The molecule has 160 valence electrons. The van der Waals surface area contributed by atoms with Crippen LogP contribution < -0.4 is 10.7 Å². The molecule has 4 aromatic rings. The lowest BCUT2D eigenvalue weighted by atomic mass is 9.97. The quantitative estimate of drug-likeness (QED) is 0.200. The monoisotopic (exact) mass is 423 g/mol. The van der Waals surface area contributed by atoms with Crippen LogP contribution in [0, 0.1) is 0 Å². The zero-order valence-corrected chi connectivity index (χ0v) is 18.2. The molecule has 0 saturated heterocycles. The third-order valence-corrected chi connectivity index (χ3v) is 5.62. The van der Waals surface area contributed by atoms with E-state index >= 15 is 0 Å². The SMILES string of the molecule is CCc1cccc(CC)c1NC(=O)C(=O)N/N=C/c1c2ccccc2cc2ccccc12. The van der Waals surface area contributed by atoms with Crippen molar-refractivity contribution in [1.82, 2.24) is 5.43 Å². The van der Waals surface area contributed by atoms with Crippen LogP contribution in [0.15, 0.2) is 77.9 Å². The molecule has 5 heteroatoms. The van der Waals surface area contributed by atoms with Gasteiger partial charge in [-0.3, -0.25) is 9.59 Å². The summed E-state index contributed by atoms with van der Waals surface area (Å²) in [6.45, 7) is 4.03. The molecule has 0 fully saturated rings. The lowest BCUT2D eigenvalue weighted by molar-refractivity contribution is -0.136. The summed E-state index contributed by atoms with van der Waals surface area (Å²) in [5, 5.41) is 11.1. The number of hydrogen-bond donors (Lipinski definition) is 2. The zero-order chi connectivity index (χ0) is 22.5. The minimum atomic E-state index is -0.807. The molecule has 32 heavy (non-hydrogen) atoms. The van der Waals surface area contributed by atoms with Crippen molar-refractivity contribution in [2.75, 3.05) is 5.32 Å². The molecule has 0 spiro atoms. The van der Waals surface area contributed by atoms with Gasteiger partial charge >= 0.3 is 11.8 Å². The minimum Gasteiger partial charge on any atom is -0.317 e. The van der Waals surface area contributed by atoms with Crippen LogP contribution in [-0.2, 0) is 22.4 Å². The van der Waals surface area contributed by atoms with Crippen LogP contribution in [0.2, 0.25) is 0 Å². The van der Waals surface area contributed by atoms with Crippen molar-refractivity contribution >= 4 is 45.3 Å². The fourth-order valence-electron chi connectivity index (χ4n) is 3.97. The molecule has 4 aromatic carbocycles. The number of aryl methyl sites for hydroxylation is 2. The van der Waals surface area contributed by atoms with Crippen LogP contribution in [0.25, 0.3) is 21.5 Å². The van der Waals surface area contributed by atoms with Gasteiger partial charge in [0.05, 0.1) is 6.21 Å². The summed E-state index contributed by atoms with van der Waals surface area (Å²) in [6, 6.07) is 24.0. The smallest absolute Gasteiger partial charge is 0.317 e. The van der Waals surface area contributed by atoms with E-state index in [0.29, 0.717) is 5.69 Å².